The van der Waals surface area contributed by atoms with Crippen LogP contribution in [0.4, 0.5) is 4.79 Å². The first-order valence-electron chi connectivity index (χ1n) is 4.58. The summed E-state index contributed by atoms with van der Waals surface area (Å²) in [5, 5.41) is 19.4. The van der Waals surface area contributed by atoms with Gasteiger partial charge in [0, 0.05) is 12.5 Å². The SMILES string of the molecule is N#CC1CCC(CNC(=O)O)CC1. The lowest BCUT2D eigenvalue weighted by Crippen LogP contribution is -2.29. The van der Waals surface area contributed by atoms with Crippen molar-refractivity contribution in [2.24, 2.45) is 11.8 Å². The molecule has 0 spiro atoms. The normalized spacial score (nSPS) is 27.6. The predicted octanol–water partition coefficient (Wildman–Crippen LogP) is 1.58. The van der Waals surface area contributed by atoms with E-state index in [1.54, 1.807) is 0 Å². The smallest absolute Gasteiger partial charge is 0.404 e. The summed E-state index contributed by atoms with van der Waals surface area (Å²) in [6, 6.07) is 2.25. The van der Waals surface area contributed by atoms with E-state index in [1.165, 1.54) is 0 Å². The maximum atomic E-state index is 10.2. The van der Waals surface area contributed by atoms with Crippen LogP contribution in [-0.4, -0.2) is 17.7 Å². The Morgan fingerprint density at radius 1 is 1.46 bits per heavy atom. The summed E-state index contributed by atoms with van der Waals surface area (Å²) in [5.41, 5.74) is 0. The molecule has 0 aromatic heterocycles. The summed E-state index contributed by atoms with van der Waals surface area (Å²) in [4.78, 5) is 10.2. The van der Waals surface area contributed by atoms with Gasteiger partial charge in [-0.1, -0.05) is 0 Å². The van der Waals surface area contributed by atoms with Crippen molar-refractivity contribution in [1.29, 1.82) is 5.26 Å². The molecule has 0 aromatic carbocycles. The van der Waals surface area contributed by atoms with Gasteiger partial charge in [-0.25, -0.2) is 4.79 Å². The van der Waals surface area contributed by atoms with Gasteiger partial charge in [0.25, 0.3) is 0 Å². The van der Waals surface area contributed by atoms with Crippen molar-refractivity contribution >= 4 is 6.09 Å². The fourth-order valence-electron chi connectivity index (χ4n) is 1.73. The van der Waals surface area contributed by atoms with E-state index in [-0.39, 0.29) is 5.92 Å². The van der Waals surface area contributed by atoms with Gasteiger partial charge in [-0.2, -0.15) is 5.26 Å². The molecule has 0 bridgehead atoms. The Bertz CT molecular complexity index is 214. The van der Waals surface area contributed by atoms with Crippen molar-refractivity contribution < 1.29 is 9.90 Å². The van der Waals surface area contributed by atoms with Crippen LogP contribution in [0.2, 0.25) is 0 Å². The van der Waals surface area contributed by atoms with E-state index in [0.717, 1.165) is 25.7 Å². The van der Waals surface area contributed by atoms with Crippen LogP contribution in [0, 0.1) is 23.2 Å². The van der Waals surface area contributed by atoms with Crippen molar-refractivity contribution in [1.82, 2.24) is 5.32 Å². The van der Waals surface area contributed by atoms with E-state index >= 15 is 0 Å². The summed E-state index contributed by atoms with van der Waals surface area (Å²) >= 11 is 0. The Balaban J connectivity index is 2.18. The number of hydrogen-bond donors (Lipinski definition) is 2. The highest BCUT2D eigenvalue weighted by atomic mass is 16.4. The van der Waals surface area contributed by atoms with Gasteiger partial charge in [0.2, 0.25) is 0 Å². The van der Waals surface area contributed by atoms with Crippen molar-refractivity contribution in [2.75, 3.05) is 6.54 Å². The first-order valence-corrected chi connectivity index (χ1v) is 4.58. The van der Waals surface area contributed by atoms with Crippen molar-refractivity contribution in [3.05, 3.63) is 0 Å². The lowest BCUT2D eigenvalue weighted by atomic mass is 9.83. The minimum Gasteiger partial charge on any atom is -0.465 e. The van der Waals surface area contributed by atoms with E-state index in [2.05, 4.69) is 11.4 Å². The highest BCUT2D eigenvalue weighted by Crippen LogP contribution is 2.27. The molecule has 4 heteroatoms. The highest BCUT2D eigenvalue weighted by Gasteiger charge is 2.20. The zero-order chi connectivity index (χ0) is 9.68. The molecule has 2 N–H and O–H groups in total. The quantitative estimate of drug-likeness (QED) is 0.681. The summed E-state index contributed by atoms with van der Waals surface area (Å²) < 4.78 is 0. The maximum absolute atomic E-state index is 10.2. The van der Waals surface area contributed by atoms with Gasteiger partial charge >= 0.3 is 6.09 Å². The highest BCUT2D eigenvalue weighted by molar-refractivity contribution is 5.64. The van der Waals surface area contributed by atoms with E-state index in [4.69, 9.17) is 10.4 Å². The molecule has 0 heterocycles. The van der Waals surface area contributed by atoms with Gasteiger partial charge < -0.3 is 10.4 Å². The number of amides is 1. The Morgan fingerprint density at radius 3 is 2.54 bits per heavy atom. The number of carboxylic acid groups (broad SMARTS) is 1. The van der Waals surface area contributed by atoms with E-state index in [9.17, 15) is 4.79 Å². The number of nitriles is 1. The van der Waals surface area contributed by atoms with E-state index in [1.807, 2.05) is 0 Å². The molecule has 0 radical (unpaired) electrons. The lowest BCUT2D eigenvalue weighted by Gasteiger charge is -2.24. The molecule has 1 aliphatic rings. The Kier molecular flexibility index (Phi) is 3.56. The van der Waals surface area contributed by atoms with Crippen LogP contribution in [0.5, 0.6) is 0 Å². The first-order chi connectivity index (χ1) is 6.22. The van der Waals surface area contributed by atoms with E-state index < -0.39 is 6.09 Å². The average molecular weight is 182 g/mol. The fraction of sp³-hybridized carbons (Fsp3) is 0.778. The second-order valence-corrected chi connectivity index (χ2v) is 3.53. The van der Waals surface area contributed by atoms with E-state index in [0.29, 0.717) is 12.5 Å². The third-order valence-electron chi connectivity index (χ3n) is 2.57. The molecule has 1 amide bonds. The van der Waals surface area contributed by atoms with Gasteiger partial charge in [-0.15, -0.1) is 0 Å². The molecule has 13 heavy (non-hydrogen) atoms. The van der Waals surface area contributed by atoms with Crippen LogP contribution >= 0.6 is 0 Å². The number of nitrogens with one attached hydrogen (secondary N) is 1. The van der Waals surface area contributed by atoms with Gasteiger partial charge in [-0.3, -0.25) is 0 Å². The minimum atomic E-state index is -0.956. The molecule has 1 rings (SSSR count). The van der Waals surface area contributed by atoms with Crippen molar-refractivity contribution in [3.8, 4) is 6.07 Å². The molecule has 4 nitrogen and oxygen atoms in total. The van der Waals surface area contributed by atoms with Gasteiger partial charge in [0.1, 0.15) is 0 Å². The van der Waals surface area contributed by atoms with Crippen LogP contribution in [0.3, 0.4) is 0 Å². The number of rotatable bonds is 2. The monoisotopic (exact) mass is 182 g/mol. The van der Waals surface area contributed by atoms with Crippen LogP contribution in [-0.2, 0) is 0 Å². The molecule has 0 aliphatic heterocycles. The van der Waals surface area contributed by atoms with Crippen molar-refractivity contribution in [2.45, 2.75) is 25.7 Å². The van der Waals surface area contributed by atoms with Gasteiger partial charge in [-0.05, 0) is 31.6 Å². The standard InChI is InChI=1S/C9H14N2O2/c10-5-7-1-3-8(4-2-7)6-11-9(12)13/h7-8,11H,1-4,6H2,(H,12,13). The number of hydrogen-bond acceptors (Lipinski definition) is 2. The number of carbonyl (C=O) groups is 1. The molecule has 0 saturated heterocycles. The molecule has 1 aliphatic carbocycles. The van der Waals surface area contributed by atoms with Crippen LogP contribution < -0.4 is 5.32 Å². The zero-order valence-electron chi connectivity index (χ0n) is 7.49. The van der Waals surface area contributed by atoms with Gasteiger partial charge in [0.05, 0.1) is 6.07 Å². The Hall–Kier alpha value is -1.24. The maximum Gasteiger partial charge on any atom is 0.404 e. The molecule has 0 aromatic rings. The Labute approximate surface area is 77.6 Å². The van der Waals surface area contributed by atoms with Crippen LogP contribution in [0.15, 0.2) is 0 Å². The van der Waals surface area contributed by atoms with Gasteiger partial charge in [0.15, 0.2) is 0 Å². The molecule has 72 valence electrons. The molecule has 1 fully saturated rings. The Morgan fingerprint density at radius 2 is 2.08 bits per heavy atom. The lowest BCUT2D eigenvalue weighted by molar-refractivity contribution is 0.189. The summed E-state index contributed by atoms with van der Waals surface area (Å²) in [7, 11) is 0. The largest absolute Gasteiger partial charge is 0.465 e. The fourth-order valence-corrected chi connectivity index (χ4v) is 1.73. The second kappa shape index (κ2) is 4.70. The topological polar surface area (TPSA) is 73.1 Å². The van der Waals surface area contributed by atoms with Crippen LogP contribution in [0.25, 0.3) is 0 Å². The summed E-state index contributed by atoms with van der Waals surface area (Å²) in [6.45, 7) is 0.535. The average Bonchev–Trinajstić information content (AvgIpc) is 2.15. The predicted molar refractivity (Wildman–Crippen MR) is 47.1 cm³/mol. The first kappa shape index (κ1) is 9.85. The minimum absolute atomic E-state index is 0.195. The zero-order valence-corrected chi connectivity index (χ0v) is 7.49. The number of nitrogens with zero attached hydrogens (tertiary/aromatic N) is 1. The third kappa shape index (κ3) is 3.32. The third-order valence-corrected chi connectivity index (χ3v) is 2.57. The summed E-state index contributed by atoms with van der Waals surface area (Å²) in [5.74, 6) is 0.627. The van der Waals surface area contributed by atoms with Crippen molar-refractivity contribution in [3.63, 3.8) is 0 Å². The molecule has 0 atom stereocenters. The summed E-state index contributed by atoms with van der Waals surface area (Å²) in [6.07, 6.45) is 2.82. The molecule has 0 unspecified atom stereocenters. The molecular weight excluding hydrogens is 168 g/mol. The molecular formula is C9H14N2O2. The van der Waals surface area contributed by atoms with Crippen LogP contribution in [0.1, 0.15) is 25.7 Å². The molecule has 1 saturated carbocycles. The second-order valence-electron chi connectivity index (χ2n) is 3.53.